The van der Waals surface area contributed by atoms with Gasteiger partial charge in [-0.05, 0) is 31.0 Å². The first-order valence-electron chi connectivity index (χ1n) is 8.06. The van der Waals surface area contributed by atoms with Gasteiger partial charge in [-0.25, -0.2) is 0 Å². The van der Waals surface area contributed by atoms with Crippen molar-refractivity contribution >= 4 is 23.2 Å². The largest absolute Gasteiger partial charge is 0.274 e. The van der Waals surface area contributed by atoms with Gasteiger partial charge >= 0.3 is 0 Å². The van der Waals surface area contributed by atoms with Crippen LogP contribution in [-0.2, 0) is 16.0 Å². The number of anilines is 1. The second-order valence-corrected chi connectivity index (χ2v) is 6.37. The van der Waals surface area contributed by atoms with E-state index in [4.69, 9.17) is 0 Å². The molecule has 1 aliphatic heterocycles. The fraction of sp³-hybridized carbons (Fsp3) is 0.263. The molecular formula is C19H18N2O4. The molecule has 0 radical (unpaired) electrons. The van der Waals surface area contributed by atoms with E-state index in [1.54, 1.807) is 6.92 Å². The Kier molecular flexibility index (Phi) is 4.35. The first kappa shape index (κ1) is 16.8. The van der Waals surface area contributed by atoms with E-state index in [9.17, 15) is 19.7 Å². The molecule has 1 fully saturated rings. The van der Waals surface area contributed by atoms with Gasteiger partial charge in [0, 0.05) is 18.1 Å². The molecule has 2 aromatic carbocycles. The molecule has 3 rings (SSSR count). The molecule has 0 saturated carbocycles. The fourth-order valence-electron chi connectivity index (χ4n) is 3.08. The van der Waals surface area contributed by atoms with Crippen molar-refractivity contribution in [1.29, 1.82) is 0 Å². The van der Waals surface area contributed by atoms with Crippen LogP contribution in [0.25, 0.3) is 0 Å². The van der Waals surface area contributed by atoms with E-state index in [1.165, 1.54) is 24.3 Å². The number of benzene rings is 2. The zero-order valence-corrected chi connectivity index (χ0v) is 14.0. The minimum Gasteiger partial charge on any atom is -0.274 e. The summed E-state index contributed by atoms with van der Waals surface area (Å²) in [7, 11) is 0. The lowest BCUT2D eigenvalue weighted by molar-refractivity contribution is -0.384. The second kappa shape index (κ2) is 6.47. The Morgan fingerprint density at radius 3 is 2.16 bits per heavy atom. The van der Waals surface area contributed by atoms with Gasteiger partial charge in [0.1, 0.15) is 0 Å². The summed E-state index contributed by atoms with van der Waals surface area (Å²) in [6, 6.07) is 13.4. The molecule has 0 spiro atoms. The third-order valence-electron chi connectivity index (χ3n) is 4.65. The Morgan fingerprint density at radius 1 is 1.00 bits per heavy atom. The van der Waals surface area contributed by atoms with Crippen LogP contribution in [0.4, 0.5) is 11.4 Å². The highest BCUT2D eigenvalue weighted by Gasteiger charge is 2.45. The van der Waals surface area contributed by atoms with Crippen molar-refractivity contribution in [1.82, 2.24) is 0 Å². The summed E-state index contributed by atoms with van der Waals surface area (Å²) in [6.45, 7) is 3.75. The van der Waals surface area contributed by atoms with Gasteiger partial charge in [0.05, 0.1) is 16.5 Å². The van der Waals surface area contributed by atoms with Gasteiger partial charge in [-0.1, -0.05) is 36.8 Å². The maximum absolute atomic E-state index is 12.8. The molecule has 1 aliphatic rings. The van der Waals surface area contributed by atoms with Gasteiger partial charge in [-0.3, -0.25) is 24.6 Å². The van der Waals surface area contributed by atoms with E-state index >= 15 is 0 Å². The lowest BCUT2D eigenvalue weighted by atomic mass is 9.90. The number of nitro benzene ring substituents is 1. The molecule has 6 nitrogen and oxygen atoms in total. The SMILES string of the molecule is Cc1ccc(C[C@@H]2C(=O)N(c3ccc([N+](=O)[O-])cc3)C(=O)[C@H]2C)cc1. The van der Waals surface area contributed by atoms with E-state index in [2.05, 4.69) is 0 Å². The van der Waals surface area contributed by atoms with E-state index in [-0.39, 0.29) is 17.5 Å². The molecule has 25 heavy (non-hydrogen) atoms. The van der Waals surface area contributed by atoms with Crippen LogP contribution in [0.15, 0.2) is 48.5 Å². The molecule has 1 saturated heterocycles. The average Bonchev–Trinajstić information content (AvgIpc) is 2.80. The number of carbonyl (C=O) groups excluding carboxylic acids is 2. The first-order valence-corrected chi connectivity index (χ1v) is 8.06. The van der Waals surface area contributed by atoms with Crippen LogP contribution in [0.5, 0.6) is 0 Å². The Bertz CT molecular complexity index is 828. The molecule has 128 valence electrons. The maximum Gasteiger partial charge on any atom is 0.269 e. The highest BCUT2D eigenvalue weighted by atomic mass is 16.6. The number of rotatable bonds is 4. The lowest BCUT2D eigenvalue weighted by Gasteiger charge is -2.15. The Balaban J connectivity index is 1.84. The molecule has 2 atom stereocenters. The van der Waals surface area contributed by atoms with E-state index < -0.39 is 16.8 Å². The van der Waals surface area contributed by atoms with Crippen LogP contribution in [0.1, 0.15) is 18.1 Å². The number of amides is 2. The van der Waals surface area contributed by atoms with Gasteiger partial charge in [-0.15, -0.1) is 0 Å². The molecule has 0 aromatic heterocycles. The molecule has 0 N–H and O–H groups in total. The van der Waals surface area contributed by atoms with Gasteiger partial charge < -0.3 is 0 Å². The predicted molar refractivity (Wildman–Crippen MR) is 93.1 cm³/mol. The first-order chi connectivity index (χ1) is 11.9. The van der Waals surface area contributed by atoms with E-state index in [0.717, 1.165) is 16.0 Å². The molecule has 1 heterocycles. The quantitative estimate of drug-likeness (QED) is 0.487. The lowest BCUT2D eigenvalue weighted by Crippen LogP contribution is -2.31. The summed E-state index contributed by atoms with van der Waals surface area (Å²) in [5.74, 6) is -1.38. The number of carbonyl (C=O) groups is 2. The second-order valence-electron chi connectivity index (χ2n) is 6.37. The van der Waals surface area contributed by atoms with E-state index in [0.29, 0.717) is 12.1 Å². The average molecular weight is 338 g/mol. The Hall–Kier alpha value is -3.02. The number of non-ortho nitro benzene ring substituents is 1. The highest BCUT2D eigenvalue weighted by molar-refractivity contribution is 6.22. The van der Waals surface area contributed by atoms with Gasteiger partial charge in [-0.2, -0.15) is 0 Å². The third kappa shape index (κ3) is 3.15. The number of aryl methyl sites for hydroxylation is 1. The third-order valence-corrected chi connectivity index (χ3v) is 4.65. The van der Waals surface area contributed by atoms with Crippen molar-refractivity contribution in [2.75, 3.05) is 4.90 Å². The summed E-state index contributed by atoms with van der Waals surface area (Å²) in [4.78, 5) is 36.7. The van der Waals surface area contributed by atoms with Crippen LogP contribution in [0, 0.1) is 28.9 Å². The summed E-state index contributed by atoms with van der Waals surface area (Å²) >= 11 is 0. The molecule has 2 amide bonds. The Labute approximate surface area is 145 Å². The zero-order valence-electron chi connectivity index (χ0n) is 14.0. The fourth-order valence-corrected chi connectivity index (χ4v) is 3.08. The van der Waals surface area contributed by atoms with Gasteiger partial charge in [0.25, 0.3) is 5.69 Å². The minimum absolute atomic E-state index is 0.0768. The maximum atomic E-state index is 12.8. The molecule has 0 aliphatic carbocycles. The molecule has 2 aromatic rings. The van der Waals surface area contributed by atoms with Crippen LogP contribution < -0.4 is 4.90 Å². The predicted octanol–water partition coefficient (Wildman–Crippen LogP) is 3.27. The molecule has 6 heteroatoms. The summed E-state index contributed by atoms with van der Waals surface area (Å²) in [5.41, 5.74) is 2.44. The monoisotopic (exact) mass is 338 g/mol. The van der Waals surface area contributed by atoms with Crippen LogP contribution >= 0.6 is 0 Å². The van der Waals surface area contributed by atoms with Crippen molar-refractivity contribution in [3.63, 3.8) is 0 Å². The van der Waals surface area contributed by atoms with Crippen molar-refractivity contribution in [3.8, 4) is 0 Å². The summed E-state index contributed by atoms with van der Waals surface area (Å²) in [5, 5.41) is 10.8. The number of imide groups is 1. The number of nitro groups is 1. The van der Waals surface area contributed by atoms with E-state index in [1.807, 2.05) is 31.2 Å². The van der Waals surface area contributed by atoms with Crippen LogP contribution in [-0.4, -0.2) is 16.7 Å². The molecular weight excluding hydrogens is 320 g/mol. The van der Waals surface area contributed by atoms with Crippen molar-refractivity contribution < 1.29 is 14.5 Å². The number of nitrogens with zero attached hydrogens (tertiary/aromatic N) is 2. The summed E-state index contributed by atoms with van der Waals surface area (Å²) in [6.07, 6.45) is 0.496. The Morgan fingerprint density at radius 2 is 1.60 bits per heavy atom. The minimum atomic E-state index is -0.514. The number of hydrogen-bond donors (Lipinski definition) is 0. The zero-order chi connectivity index (χ0) is 18.1. The van der Waals surface area contributed by atoms with Crippen molar-refractivity contribution in [2.24, 2.45) is 11.8 Å². The number of hydrogen-bond acceptors (Lipinski definition) is 4. The van der Waals surface area contributed by atoms with Crippen molar-refractivity contribution in [2.45, 2.75) is 20.3 Å². The highest BCUT2D eigenvalue weighted by Crippen LogP contribution is 2.33. The topological polar surface area (TPSA) is 80.5 Å². The van der Waals surface area contributed by atoms with Crippen molar-refractivity contribution in [3.05, 3.63) is 69.8 Å². The standard InChI is InChI=1S/C19H18N2O4/c1-12-3-5-14(6-4-12)11-17-13(2)18(22)20(19(17)23)15-7-9-16(10-8-15)21(24)25/h3-10,13,17H,11H2,1-2H3/t13-,17-/m0/s1. The van der Waals surface area contributed by atoms with Gasteiger partial charge in [0.2, 0.25) is 11.8 Å². The van der Waals surface area contributed by atoms with Crippen LogP contribution in [0.3, 0.4) is 0 Å². The molecule has 0 unspecified atom stereocenters. The van der Waals surface area contributed by atoms with Gasteiger partial charge in [0.15, 0.2) is 0 Å². The van der Waals surface area contributed by atoms with Crippen LogP contribution in [0.2, 0.25) is 0 Å². The molecule has 0 bridgehead atoms. The smallest absolute Gasteiger partial charge is 0.269 e. The normalized spacial score (nSPS) is 20.2. The summed E-state index contributed by atoms with van der Waals surface area (Å²) < 4.78 is 0.